The van der Waals surface area contributed by atoms with Crippen LogP contribution in [0.5, 0.6) is 0 Å². The highest BCUT2D eigenvalue weighted by molar-refractivity contribution is 7.26. The molecule has 4 heteroatoms. The van der Waals surface area contributed by atoms with Crippen molar-refractivity contribution in [2.75, 3.05) is 0 Å². The molecule has 0 bridgehead atoms. The van der Waals surface area contributed by atoms with Gasteiger partial charge in [0.05, 0.1) is 33.1 Å². The fourth-order valence-corrected chi connectivity index (χ4v) is 10.9. The fraction of sp³-hybridized carbons (Fsp3) is 0. The standard InChI is InChI=1S/C54H33N3S/c1-3-14-35(15-4-1)55-47-23-10-7-18-39(47)43-30-51-45(32-49(43)55)46-33-50-44(31-52(46)57(51)36-16-5-2-6-17-36)40-19-8-11-24-48(40)56(50)37-28-26-34(27-29-37)38-21-13-22-42-41-20-9-12-25-53(41)58-54(38)42/h1-33H. The highest BCUT2D eigenvalue weighted by Crippen LogP contribution is 2.44. The molecule has 9 aromatic carbocycles. The summed E-state index contributed by atoms with van der Waals surface area (Å²) in [5.74, 6) is 0. The molecule has 0 amide bonds. The third-order valence-corrected chi connectivity index (χ3v) is 13.4. The number of nitrogens with zero attached hydrogens (tertiary/aromatic N) is 3. The predicted molar refractivity (Wildman–Crippen MR) is 248 cm³/mol. The van der Waals surface area contributed by atoms with E-state index in [-0.39, 0.29) is 0 Å². The SMILES string of the molecule is c1ccc(-n2c3ccccc3c3cc4c(cc32)c2cc3c(cc2n4-c2ccccc2)c2ccccc2n3-c2ccc(-c3cccc4c3sc3ccccc34)cc2)cc1. The summed E-state index contributed by atoms with van der Waals surface area (Å²) in [6.07, 6.45) is 0. The van der Waals surface area contributed by atoms with Gasteiger partial charge in [0.1, 0.15) is 0 Å². The average molecular weight is 756 g/mol. The second-order valence-electron chi connectivity index (χ2n) is 15.3. The van der Waals surface area contributed by atoms with Crippen LogP contribution in [0, 0.1) is 0 Å². The molecule has 4 aromatic heterocycles. The van der Waals surface area contributed by atoms with Crippen LogP contribution in [-0.2, 0) is 0 Å². The molecule has 0 aliphatic carbocycles. The third-order valence-electron chi connectivity index (χ3n) is 12.2. The first-order chi connectivity index (χ1) is 28.8. The lowest BCUT2D eigenvalue weighted by Crippen LogP contribution is -1.95. The predicted octanol–water partition coefficient (Wildman–Crippen LogP) is 15.0. The van der Waals surface area contributed by atoms with Gasteiger partial charge >= 0.3 is 0 Å². The Morgan fingerprint density at radius 3 is 1.24 bits per heavy atom. The van der Waals surface area contributed by atoms with Crippen molar-refractivity contribution in [2.24, 2.45) is 0 Å². The number of fused-ring (bicyclic) bond motifs is 12. The molecule has 0 aliphatic heterocycles. The first-order valence-corrected chi connectivity index (χ1v) is 20.7. The van der Waals surface area contributed by atoms with Crippen molar-refractivity contribution in [3.05, 3.63) is 200 Å². The van der Waals surface area contributed by atoms with E-state index in [2.05, 4.69) is 214 Å². The summed E-state index contributed by atoms with van der Waals surface area (Å²) in [6.45, 7) is 0. The molecule has 0 saturated heterocycles. The number of aromatic nitrogens is 3. The summed E-state index contributed by atoms with van der Waals surface area (Å²) in [6, 6.07) is 73.6. The molecule has 0 aliphatic rings. The normalized spacial score (nSPS) is 12.1. The lowest BCUT2D eigenvalue weighted by molar-refractivity contribution is 1.17. The molecule has 0 unspecified atom stereocenters. The van der Waals surface area contributed by atoms with Gasteiger partial charge in [-0.1, -0.05) is 121 Å². The van der Waals surface area contributed by atoms with E-state index in [1.54, 1.807) is 0 Å². The van der Waals surface area contributed by atoms with E-state index in [1.165, 1.54) is 96.7 Å². The van der Waals surface area contributed by atoms with Crippen molar-refractivity contribution in [1.29, 1.82) is 0 Å². The second kappa shape index (κ2) is 12.1. The van der Waals surface area contributed by atoms with Gasteiger partial charge in [0.25, 0.3) is 0 Å². The molecule has 58 heavy (non-hydrogen) atoms. The summed E-state index contributed by atoms with van der Waals surface area (Å²) < 4.78 is 10.0. The minimum absolute atomic E-state index is 1.15. The smallest absolute Gasteiger partial charge is 0.0548 e. The third kappa shape index (κ3) is 4.43. The van der Waals surface area contributed by atoms with Gasteiger partial charge in [-0.3, -0.25) is 0 Å². The lowest BCUT2D eigenvalue weighted by atomic mass is 10.0. The zero-order valence-corrected chi connectivity index (χ0v) is 32.1. The van der Waals surface area contributed by atoms with Crippen LogP contribution >= 0.6 is 11.3 Å². The van der Waals surface area contributed by atoms with E-state index in [9.17, 15) is 0 Å². The molecule has 0 atom stereocenters. The Morgan fingerprint density at radius 1 is 0.276 bits per heavy atom. The molecule has 4 heterocycles. The van der Waals surface area contributed by atoms with Gasteiger partial charge in [-0.2, -0.15) is 0 Å². The van der Waals surface area contributed by atoms with E-state index in [4.69, 9.17) is 0 Å². The van der Waals surface area contributed by atoms with Crippen LogP contribution in [0.15, 0.2) is 200 Å². The minimum atomic E-state index is 1.15. The summed E-state index contributed by atoms with van der Waals surface area (Å²) in [5.41, 5.74) is 13.2. The number of hydrogen-bond donors (Lipinski definition) is 0. The number of thiophene rings is 1. The molecule has 270 valence electrons. The largest absolute Gasteiger partial charge is 0.309 e. The van der Waals surface area contributed by atoms with E-state index >= 15 is 0 Å². The van der Waals surface area contributed by atoms with Crippen molar-refractivity contribution in [1.82, 2.24) is 13.7 Å². The van der Waals surface area contributed by atoms with Gasteiger partial charge in [-0.05, 0) is 90.0 Å². The van der Waals surface area contributed by atoms with Crippen molar-refractivity contribution < 1.29 is 0 Å². The van der Waals surface area contributed by atoms with Crippen LogP contribution in [0.1, 0.15) is 0 Å². The second-order valence-corrected chi connectivity index (χ2v) is 16.4. The maximum Gasteiger partial charge on any atom is 0.0548 e. The first kappa shape index (κ1) is 31.8. The van der Waals surface area contributed by atoms with Crippen LogP contribution in [0.3, 0.4) is 0 Å². The molecule has 13 rings (SSSR count). The van der Waals surface area contributed by atoms with Gasteiger partial charge in [0.2, 0.25) is 0 Å². The highest BCUT2D eigenvalue weighted by Gasteiger charge is 2.21. The fourth-order valence-electron chi connectivity index (χ4n) is 9.69. The zero-order valence-electron chi connectivity index (χ0n) is 31.3. The van der Waals surface area contributed by atoms with Gasteiger partial charge in [-0.15, -0.1) is 11.3 Å². The molecule has 3 nitrogen and oxygen atoms in total. The van der Waals surface area contributed by atoms with Crippen molar-refractivity contribution in [2.45, 2.75) is 0 Å². The lowest BCUT2D eigenvalue weighted by Gasteiger charge is -2.10. The minimum Gasteiger partial charge on any atom is -0.309 e. The van der Waals surface area contributed by atoms with Crippen LogP contribution in [0.2, 0.25) is 0 Å². The number of benzene rings is 9. The number of rotatable bonds is 4. The Balaban J connectivity index is 1.09. The Morgan fingerprint density at radius 2 is 0.690 bits per heavy atom. The Labute approximate surface area is 337 Å². The zero-order chi connectivity index (χ0) is 37.9. The molecule has 13 aromatic rings. The van der Waals surface area contributed by atoms with Crippen molar-refractivity contribution in [3.8, 4) is 28.2 Å². The van der Waals surface area contributed by atoms with Crippen molar-refractivity contribution in [3.63, 3.8) is 0 Å². The van der Waals surface area contributed by atoms with Crippen molar-refractivity contribution >= 4 is 96.9 Å². The van der Waals surface area contributed by atoms with E-state index in [0.29, 0.717) is 0 Å². The van der Waals surface area contributed by atoms with Gasteiger partial charge in [-0.25, -0.2) is 0 Å². The molecular formula is C54H33N3S. The van der Waals surface area contributed by atoms with Gasteiger partial charge in [0, 0.05) is 69.6 Å². The topological polar surface area (TPSA) is 14.8 Å². The van der Waals surface area contributed by atoms with Gasteiger partial charge in [0.15, 0.2) is 0 Å². The highest BCUT2D eigenvalue weighted by atomic mass is 32.1. The molecule has 0 saturated carbocycles. The maximum atomic E-state index is 2.47. The van der Waals surface area contributed by atoms with Gasteiger partial charge < -0.3 is 13.7 Å². The van der Waals surface area contributed by atoms with Crippen LogP contribution in [0.4, 0.5) is 0 Å². The molecule has 0 spiro atoms. The molecule has 0 radical (unpaired) electrons. The van der Waals surface area contributed by atoms with Crippen LogP contribution < -0.4 is 0 Å². The van der Waals surface area contributed by atoms with E-state index < -0.39 is 0 Å². The Hall–Kier alpha value is -7.40. The summed E-state index contributed by atoms with van der Waals surface area (Å²) in [5, 5.41) is 10.1. The van der Waals surface area contributed by atoms with Crippen LogP contribution in [0.25, 0.3) is 114 Å². The average Bonchev–Trinajstić information content (AvgIpc) is 4.01. The monoisotopic (exact) mass is 755 g/mol. The Kier molecular flexibility index (Phi) is 6.60. The van der Waals surface area contributed by atoms with Crippen LogP contribution in [-0.4, -0.2) is 13.7 Å². The van der Waals surface area contributed by atoms with E-state index in [1.807, 2.05) is 11.3 Å². The van der Waals surface area contributed by atoms with E-state index in [0.717, 1.165) is 17.1 Å². The number of para-hydroxylation sites is 4. The molecule has 0 fully saturated rings. The summed E-state index contributed by atoms with van der Waals surface area (Å²) in [4.78, 5) is 0. The first-order valence-electron chi connectivity index (χ1n) is 19.8. The summed E-state index contributed by atoms with van der Waals surface area (Å²) in [7, 11) is 0. The summed E-state index contributed by atoms with van der Waals surface area (Å²) >= 11 is 1.88. The Bertz CT molecular complexity index is 3770. The maximum absolute atomic E-state index is 2.47. The number of hydrogen-bond acceptors (Lipinski definition) is 1. The molecular weight excluding hydrogens is 723 g/mol. The molecule has 0 N–H and O–H groups in total. The quantitative estimate of drug-likeness (QED) is 0.170.